The van der Waals surface area contributed by atoms with E-state index in [2.05, 4.69) is 14.9 Å². The van der Waals surface area contributed by atoms with Crippen LogP contribution < -0.4 is 10.2 Å². The Bertz CT molecular complexity index is 498. The zero-order chi connectivity index (χ0) is 13.0. The summed E-state index contributed by atoms with van der Waals surface area (Å²) in [4.78, 5) is 13.9. The van der Waals surface area contributed by atoms with Crippen LogP contribution in [-0.4, -0.2) is 21.7 Å². The average Bonchev–Trinajstić information content (AvgIpc) is 2.83. The lowest BCUT2D eigenvalue weighted by atomic mass is 10.2. The normalized spacial score (nSPS) is 10.4. The molecule has 0 aliphatic carbocycles. The number of carbonyl (C=O) groups is 1. The lowest BCUT2D eigenvalue weighted by molar-refractivity contribution is 0.255. The molecule has 1 N–H and O–H groups in total. The van der Waals surface area contributed by atoms with Gasteiger partial charge in [-0.2, -0.15) is 0 Å². The number of rotatable bonds is 3. The summed E-state index contributed by atoms with van der Waals surface area (Å²) in [6, 6.07) is 9.44. The molecular formula is C12H14N4OS. The number of benzene rings is 1. The largest absolute Gasteiger partial charge is 0.327 e. The Kier molecular flexibility index (Phi) is 3.88. The molecule has 0 spiro atoms. The molecule has 2 rings (SSSR count). The highest BCUT2D eigenvalue weighted by Gasteiger charge is 2.19. The summed E-state index contributed by atoms with van der Waals surface area (Å²) in [7, 11) is 0. The fourth-order valence-electron chi connectivity index (χ4n) is 1.63. The molecule has 5 nitrogen and oxygen atoms in total. The first-order chi connectivity index (χ1) is 8.68. The highest BCUT2D eigenvalue weighted by atomic mass is 32.1. The molecule has 6 heteroatoms. The van der Waals surface area contributed by atoms with Crippen LogP contribution in [0.2, 0.25) is 0 Å². The van der Waals surface area contributed by atoms with E-state index in [1.807, 2.05) is 44.2 Å². The molecule has 0 radical (unpaired) electrons. The molecule has 94 valence electrons. The van der Waals surface area contributed by atoms with E-state index in [4.69, 9.17) is 0 Å². The van der Waals surface area contributed by atoms with Gasteiger partial charge < -0.3 is 0 Å². The van der Waals surface area contributed by atoms with Crippen LogP contribution in [0.3, 0.4) is 0 Å². The molecule has 2 aromatic rings. The van der Waals surface area contributed by atoms with Crippen molar-refractivity contribution in [1.29, 1.82) is 0 Å². The molecule has 18 heavy (non-hydrogen) atoms. The molecule has 0 saturated heterocycles. The summed E-state index contributed by atoms with van der Waals surface area (Å²) in [5.74, 6) is 0. The van der Waals surface area contributed by atoms with E-state index in [1.54, 1.807) is 4.90 Å². The van der Waals surface area contributed by atoms with Gasteiger partial charge in [-0.3, -0.25) is 10.2 Å². The number of carbonyl (C=O) groups excluding carboxylic acids is 1. The third-order valence-corrected chi connectivity index (χ3v) is 2.94. The van der Waals surface area contributed by atoms with E-state index in [0.717, 1.165) is 17.2 Å². The zero-order valence-corrected chi connectivity index (χ0v) is 11.0. The maximum Gasteiger partial charge on any atom is 0.327 e. The molecule has 0 aliphatic rings. The topological polar surface area (TPSA) is 58.1 Å². The molecule has 0 saturated carbocycles. The first kappa shape index (κ1) is 12.5. The maximum absolute atomic E-state index is 12.2. The molecule has 1 heterocycles. The molecule has 0 unspecified atom stereocenters. The molecular weight excluding hydrogens is 248 g/mol. The minimum absolute atomic E-state index is 0.0632. The molecule has 0 aliphatic heterocycles. The summed E-state index contributed by atoms with van der Waals surface area (Å²) in [5, 5.41) is 7.11. The number of nitrogens with one attached hydrogen (secondary N) is 1. The van der Waals surface area contributed by atoms with Gasteiger partial charge in [0.1, 0.15) is 5.00 Å². The van der Waals surface area contributed by atoms with Crippen LogP contribution in [-0.2, 0) is 0 Å². The predicted octanol–water partition coefficient (Wildman–Crippen LogP) is 2.99. The number of amides is 2. The summed E-state index contributed by atoms with van der Waals surface area (Å²) in [5.41, 5.74) is 0.863. The van der Waals surface area contributed by atoms with Crippen molar-refractivity contribution in [2.24, 2.45) is 0 Å². The number of anilines is 2. The Morgan fingerprint density at radius 2 is 2.06 bits per heavy atom. The minimum atomic E-state index is -0.178. The van der Waals surface area contributed by atoms with Crippen molar-refractivity contribution in [1.82, 2.24) is 9.59 Å². The fraction of sp³-hybridized carbons (Fsp3) is 0.250. The quantitative estimate of drug-likeness (QED) is 0.925. The van der Waals surface area contributed by atoms with E-state index in [9.17, 15) is 4.79 Å². The van der Waals surface area contributed by atoms with Crippen molar-refractivity contribution in [2.45, 2.75) is 19.9 Å². The Morgan fingerprint density at radius 1 is 1.33 bits per heavy atom. The van der Waals surface area contributed by atoms with Crippen molar-refractivity contribution in [3.8, 4) is 0 Å². The molecule has 0 fully saturated rings. The predicted molar refractivity (Wildman–Crippen MR) is 73.0 cm³/mol. The van der Waals surface area contributed by atoms with Crippen LogP contribution in [0.5, 0.6) is 0 Å². The maximum atomic E-state index is 12.2. The molecule has 0 atom stereocenters. The minimum Gasteiger partial charge on any atom is -0.296 e. The van der Waals surface area contributed by atoms with Crippen molar-refractivity contribution in [3.63, 3.8) is 0 Å². The van der Waals surface area contributed by atoms with Gasteiger partial charge in [0.15, 0.2) is 0 Å². The Hall–Kier alpha value is -1.95. The standard InChI is InChI=1S/C12H14N4OS/c1-9(2)16(10-6-4-3-5-7-10)12(17)14-11-8-13-15-18-11/h3-9H,1-2H3,(H,14,17). The van der Waals surface area contributed by atoms with E-state index < -0.39 is 0 Å². The second-order valence-corrected chi connectivity index (χ2v) is 4.80. The molecule has 1 aromatic carbocycles. The highest BCUT2D eigenvalue weighted by Crippen LogP contribution is 2.19. The van der Waals surface area contributed by atoms with Gasteiger partial charge in [-0.25, -0.2) is 4.79 Å². The third kappa shape index (κ3) is 2.84. The zero-order valence-electron chi connectivity index (χ0n) is 10.2. The van der Waals surface area contributed by atoms with Gasteiger partial charge in [-0.05, 0) is 26.0 Å². The average molecular weight is 262 g/mol. The van der Waals surface area contributed by atoms with Crippen molar-refractivity contribution in [3.05, 3.63) is 36.5 Å². The SMILES string of the molecule is CC(C)N(C(=O)Nc1cnns1)c1ccccc1. The number of para-hydroxylation sites is 1. The number of hydrogen-bond donors (Lipinski definition) is 1. The van der Waals surface area contributed by atoms with Crippen molar-refractivity contribution >= 4 is 28.3 Å². The van der Waals surface area contributed by atoms with E-state index in [0.29, 0.717) is 5.00 Å². The monoisotopic (exact) mass is 262 g/mol. The lowest BCUT2D eigenvalue weighted by Gasteiger charge is -2.26. The Morgan fingerprint density at radius 3 is 2.61 bits per heavy atom. The summed E-state index contributed by atoms with van der Waals surface area (Å²) in [6.45, 7) is 3.94. The first-order valence-corrected chi connectivity index (χ1v) is 6.38. The van der Waals surface area contributed by atoms with Crippen molar-refractivity contribution < 1.29 is 4.79 Å². The van der Waals surface area contributed by atoms with Crippen LogP contribution in [0.1, 0.15) is 13.8 Å². The molecule has 1 aromatic heterocycles. The van der Waals surface area contributed by atoms with Crippen LogP contribution in [0.15, 0.2) is 36.5 Å². The Labute approximate surface area is 110 Å². The van der Waals surface area contributed by atoms with Gasteiger partial charge in [-0.1, -0.05) is 22.7 Å². The second kappa shape index (κ2) is 5.59. The number of hydrogen-bond acceptors (Lipinski definition) is 4. The van der Waals surface area contributed by atoms with Gasteiger partial charge in [0.05, 0.1) is 6.20 Å². The van der Waals surface area contributed by atoms with Crippen LogP contribution in [0, 0.1) is 0 Å². The highest BCUT2D eigenvalue weighted by molar-refractivity contribution is 7.10. The van der Waals surface area contributed by atoms with Crippen LogP contribution >= 0.6 is 11.5 Å². The number of nitrogens with zero attached hydrogens (tertiary/aromatic N) is 3. The van der Waals surface area contributed by atoms with Crippen LogP contribution in [0.25, 0.3) is 0 Å². The van der Waals surface area contributed by atoms with Gasteiger partial charge in [-0.15, -0.1) is 5.10 Å². The Balaban J connectivity index is 2.18. The van der Waals surface area contributed by atoms with E-state index >= 15 is 0 Å². The molecule has 0 bridgehead atoms. The van der Waals surface area contributed by atoms with Gasteiger partial charge in [0.25, 0.3) is 0 Å². The number of urea groups is 1. The number of aromatic nitrogens is 2. The molecule has 2 amide bonds. The first-order valence-electron chi connectivity index (χ1n) is 5.61. The van der Waals surface area contributed by atoms with Crippen LogP contribution in [0.4, 0.5) is 15.5 Å². The second-order valence-electron chi connectivity index (χ2n) is 4.01. The fourth-order valence-corrected chi connectivity index (χ4v) is 2.04. The smallest absolute Gasteiger partial charge is 0.296 e. The van der Waals surface area contributed by atoms with E-state index in [1.165, 1.54) is 6.20 Å². The van der Waals surface area contributed by atoms with Crippen molar-refractivity contribution in [2.75, 3.05) is 10.2 Å². The summed E-state index contributed by atoms with van der Waals surface area (Å²) < 4.78 is 3.71. The van der Waals surface area contributed by atoms with Gasteiger partial charge in [0, 0.05) is 23.3 Å². The van der Waals surface area contributed by atoms with E-state index in [-0.39, 0.29) is 12.1 Å². The van der Waals surface area contributed by atoms with Gasteiger partial charge >= 0.3 is 6.03 Å². The van der Waals surface area contributed by atoms with Gasteiger partial charge in [0.2, 0.25) is 0 Å². The third-order valence-electron chi connectivity index (χ3n) is 2.36. The summed E-state index contributed by atoms with van der Waals surface area (Å²) in [6.07, 6.45) is 1.53. The summed E-state index contributed by atoms with van der Waals surface area (Å²) >= 11 is 1.16. The lowest BCUT2D eigenvalue weighted by Crippen LogP contribution is -2.40.